The summed E-state index contributed by atoms with van der Waals surface area (Å²) in [6, 6.07) is 28.6. The van der Waals surface area contributed by atoms with Crippen molar-refractivity contribution in [2.45, 2.75) is 42.6 Å². The van der Waals surface area contributed by atoms with Gasteiger partial charge in [-0.15, -0.1) is 0 Å². The molecule has 3 heterocycles. The van der Waals surface area contributed by atoms with E-state index in [1.165, 1.54) is 12.1 Å². The number of anilines is 1. The molecule has 2 unspecified atom stereocenters. The van der Waals surface area contributed by atoms with Crippen LogP contribution in [0.4, 0.5) is 11.4 Å². The molecule has 0 aliphatic carbocycles. The first kappa shape index (κ1) is 28.9. The molecule has 1 saturated heterocycles. The summed E-state index contributed by atoms with van der Waals surface area (Å²) in [4.78, 5) is 19.4. The smallest absolute Gasteiger partial charge is 0.269 e. The Hall–Kier alpha value is -4.18. The predicted molar refractivity (Wildman–Crippen MR) is 177 cm³/mol. The predicted octanol–water partition coefficient (Wildman–Crippen LogP) is 8.69. The highest BCUT2D eigenvalue weighted by Crippen LogP contribution is 2.44. The number of halogens is 1. The van der Waals surface area contributed by atoms with Crippen molar-refractivity contribution in [2.24, 2.45) is 0 Å². The van der Waals surface area contributed by atoms with Crippen molar-refractivity contribution in [3.63, 3.8) is 0 Å². The quantitative estimate of drug-likeness (QED) is 0.110. The molecular weight excluding hydrogens is 598 g/mol. The topological polar surface area (TPSA) is 76.2 Å². The van der Waals surface area contributed by atoms with E-state index in [4.69, 9.17) is 28.8 Å². The van der Waals surface area contributed by atoms with Gasteiger partial charge in [0.2, 0.25) is 0 Å². The van der Waals surface area contributed by atoms with Crippen molar-refractivity contribution in [2.75, 3.05) is 4.90 Å². The molecule has 2 aromatic heterocycles. The van der Waals surface area contributed by atoms with Crippen LogP contribution >= 0.6 is 35.6 Å². The Labute approximate surface area is 264 Å². The van der Waals surface area contributed by atoms with Crippen LogP contribution in [0.2, 0.25) is 5.02 Å². The van der Waals surface area contributed by atoms with E-state index in [1.54, 1.807) is 23.9 Å². The minimum Gasteiger partial charge on any atom is -0.351 e. The minimum absolute atomic E-state index is 0.0770. The largest absolute Gasteiger partial charge is 0.351 e. The van der Waals surface area contributed by atoms with Crippen LogP contribution in [0.3, 0.4) is 0 Å². The number of nitrogens with zero attached hydrogens (tertiary/aromatic N) is 4. The molecule has 3 aromatic carbocycles. The fourth-order valence-corrected chi connectivity index (χ4v) is 7.01. The molecule has 0 spiro atoms. The summed E-state index contributed by atoms with van der Waals surface area (Å²) in [6.45, 7) is 6.35. The molecule has 0 saturated carbocycles. The van der Waals surface area contributed by atoms with Gasteiger partial charge >= 0.3 is 0 Å². The number of benzene rings is 3. The van der Waals surface area contributed by atoms with Crippen LogP contribution in [0, 0.1) is 30.9 Å². The monoisotopic (exact) mass is 625 g/mol. The molecule has 2 atom stereocenters. The molecule has 7 nitrogen and oxygen atoms in total. The number of pyridine rings is 1. The van der Waals surface area contributed by atoms with Gasteiger partial charge in [-0.05, 0) is 111 Å². The molecule has 0 radical (unpaired) electrons. The first-order chi connectivity index (χ1) is 20.7. The molecule has 43 heavy (non-hydrogen) atoms. The van der Waals surface area contributed by atoms with Crippen molar-refractivity contribution in [1.82, 2.24) is 14.9 Å². The average Bonchev–Trinajstić information content (AvgIpc) is 3.50. The maximum Gasteiger partial charge on any atom is 0.269 e. The number of hydrogen-bond acceptors (Lipinski definition) is 5. The van der Waals surface area contributed by atoms with E-state index in [0.717, 1.165) is 49.4 Å². The summed E-state index contributed by atoms with van der Waals surface area (Å²) in [5.74, 6) is 0. The Bertz CT molecular complexity index is 1830. The fourth-order valence-electron chi connectivity index (χ4n) is 5.68. The van der Waals surface area contributed by atoms with Crippen molar-refractivity contribution in [3.05, 3.63) is 141 Å². The Balaban J connectivity index is 1.39. The van der Waals surface area contributed by atoms with Crippen LogP contribution in [0.1, 0.15) is 40.3 Å². The number of aryl methyl sites for hydroxylation is 2. The molecule has 1 aliphatic heterocycles. The van der Waals surface area contributed by atoms with Crippen molar-refractivity contribution < 1.29 is 4.92 Å². The first-order valence-electron chi connectivity index (χ1n) is 13.7. The van der Waals surface area contributed by atoms with E-state index in [-0.39, 0.29) is 17.8 Å². The van der Waals surface area contributed by atoms with E-state index < -0.39 is 4.92 Å². The van der Waals surface area contributed by atoms with E-state index in [9.17, 15) is 10.1 Å². The molecule has 216 valence electrons. The van der Waals surface area contributed by atoms with Gasteiger partial charge in [0.15, 0.2) is 5.11 Å². The van der Waals surface area contributed by atoms with Gasteiger partial charge in [0.25, 0.3) is 5.69 Å². The van der Waals surface area contributed by atoms with Crippen LogP contribution in [0.5, 0.6) is 0 Å². The molecule has 0 bridgehead atoms. The summed E-state index contributed by atoms with van der Waals surface area (Å²) in [5, 5.41) is 15.9. The molecule has 1 fully saturated rings. The van der Waals surface area contributed by atoms with Crippen LogP contribution in [-0.2, 0) is 0 Å². The molecule has 0 amide bonds. The van der Waals surface area contributed by atoms with E-state index >= 15 is 0 Å². The number of hydrogen-bond donors (Lipinski definition) is 1. The van der Waals surface area contributed by atoms with Gasteiger partial charge in [-0.2, -0.15) is 0 Å². The summed E-state index contributed by atoms with van der Waals surface area (Å²) in [6.07, 6.45) is 1.81. The Morgan fingerprint density at radius 3 is 2.30 bits per heavy atom. The van der Waals surface area contributed by atoms with E-state index in [2.05, 4.69) is 53.8 Å². The highest BCUT2D eigenvalue weighted by Gasteiger charge is 2.42. The van der Waals surface area contributed by atoms with Crippen LogP contribution in [0.25, 0.3) is 5.69 Å². The van der Waals surface area contributed by atoms with Gasteiger partial charge < -0.3 is 14.8 Å². The maximum atomic E-state index is 11.0. The van der Waals surface area contributed by atoms with E-state index in [0.29, 0.717) is 10.1 Å². The summed E-state index contributed by atoms with van der Waals surface area (Å²) < 4.78 is 2.26. The lowest BCUT2D eigenvalue weighted by molar-refractivity contribution is -0.384. The fraction of sp³-hybridized carbons (Fsp3) is 0.152. The third-order valence-electron chi connectivity index (χ3n) is 7.70. The summed E-state index contributed by atoms with van der Waals surface area (Å²) in [7, 11) is 0. The zero-order valence-electron chi connectivity index (χ0n) is 23.7. The van der Waals surface area contributed by atoms with Gasteiger partial charge in [0.1, 0.15) is 0 Å². The molecule has 1 N–H and O–H groups in total. The SMILES string of the molecule is Cc1ccc(Cl)cc1-n1c(C)cc(C2C(c3ccccn3)NC(=S)N2c2ccc(Sc3ccc([N+](=O)[O-])cc3)cc2)c1C. The van der Waals surface area contributed by atoms with Gasteiger partial charge in [-0.1, -0.05) is 35.5 Å². The molecule has 6 rings (SSSR count). The number of rotatable bonds is 7. The molecule has 10 heteroatoms. The Morgan fingerprint density at radius 2 is 1.65 bits per heavy atom. The second kappa shape index (κ2) is 11.8. The van der Waals surface area contributed by atoms with Crippen molar-refractivity contribution in [3.8, 4) is 5.69 Å². The average molecular weight is 626 g/mol. The Morgan fingerprint density at radius 1 is 0.953 bits per heavy atom. The first-order valence-corrected chi connectivity index (χ1v) is 15.3. The highest BCUT2D eigenvalue weighted by molar-refractivity contribution is 7.99. The zero-order valence-corrected chi connectivity index (χ0v) is 26.1. The number of aromatic nitrogens is 2. The van der Waals surface area contributed by atoms with Crippen LogP contribution in [-0.4, -0.2) is 19.6 Å². The maximum absolute atomic E-state index is 11.0. The second-order valence-electron chi connectivity index (χ2n) is 10.4. The third-order valence-corrected chi connectivity index (χ3v) is 9.26. The normalized spacial score (nSPS) is 16.4. The number of thiocarbonyl (C=S) groups is 1. The number of non-ortho nitro benzene ring substituents is 1. The lowest BCUT2D eigenvalue weighted by atomic mass is 9.96. The van der Waals surface area contributed by atoms with Crippen molar-refractivity contribution >= 4 is 52.1 Å². The number of nitro benzene ring substituents is 1. The molecule has 1 aliphatic rings. The Kier molecular flexibility index (Phi) is 7.96. The van der Waals surface area contributed by atoms with Crippen molar-refractivity contribution in [1.29, 1.82) is 0 Å². The minimum atomic E-state index is -0.390. The second-order valence-corrected chi connectivity index (χ2v) is 12.4. The van der Waals surface area contributed by atoms with Gasteiger partial charge in [-0.3, -0.25) is 15.1 Å². The number of nitro groups is 1. The molecule has 5 aromatic rings. The van der Waals surface area contributed by atoms with Crippen LogP contribution < -0.4 is 10.2 Å². The molecular formula is C33H28ClN5O2S2. The standard InChI is InChI=1S/C33H28ClN5O2S2/c1-20-7-8-23(34)19-30(20)37-21(2)18-28(22(37)3)32-31(29-6-4-5-17-35-29)36-33(42)38(32)24-9-13-26(14-10-24)43-27-15-11-25(12-16-27)39(40)41/h4-19,31-32H,1-3H3,(H,36,42). The number of nitrogens with one attached hydrogen (secondary N) is 1. The third kappa shape index (κ3) is 5.63. The van der Waals surface area contributed by atoms with Crippen LogP contribution in [0.15, 0.2) is 107 Å². The highest BCUT2D eigenvalue weighted by atomic mass is 35.5. The van der Waals surface area contributed by atoms with Gasteiger partial charge in [-0.25, -0.2) is 0 Å². The zero-order chi connectivity index (χ0) is 30.2. The van der Waals surface area contributed by atoms with E-state index in [1.807, 2.05) is 54.7 Å². The van der Waals surface area contributed by atoms with Gasteiger partial charge in [0.05, 0.1) is 22.7 Å². The summed E-state index contributed by atoms with van der Waals surface area (Å²) >= 11 is 13.9. The lowest BCUT2D eigenvalue weighted by Crippen LogP contribution is -2.29. The lowest BCUT2D eigenvalue weighted by Gasteiger charge is -2.28. The van der Waals surface area contributed by atoms with Gasteiger partial charge in [0, 0.05) is 55.9 Å². The summed E-state index contributed by atoms with van der Waals surface area (Å²) in [5.41, 5.74) is 7.48.